The lowest BCUT2D eigenvalue weighted by Gasteiger charge is -2.38. The van der Waals surface area contributed by atoms with E-state index in [1.165, 1.54) is 0 Å². The molecule has 9 nitrogen and oxygen atoms in total. The lowest BCUT2D eigenvalue weighted by molar-refractivity contribution is -0.130. The number of anilines is 1. The van der Waals surface area contributed by atoms with Gasteiger partial charge >= 0.3 is 0 Å². The molecular formula is C22H32N4O5. The van der Waals surface area contributed by atoms with E-state index < -0.39 is 5.60 Å². The van der Waals surface area contributed by atoms with Crippen LogP contribution in [0.4, 0.5) is 5.69 Å². The van der Waals surface area contributed by atoms with Gasteiger partial charge in [-0.05, 0) is 18.6 Å². The second-order valence-electron chi connectivity index (χ2n) is 8.73. The van der Waals surface area contributed by atoms with Gasteiger partial charge in [-0.15, -0.1) is 0 Å². The van der Waals surface area contributed by atoms with Gasteiger partial charge in [0.15, 0.2) is 11.5 Å². The molecule has 1 aromatic rings. The SMILES string of the molecule is CC(=O)N1CCN(CC2(O)CCN(CC(=O)Nc3ccc4c(c3)OCCCO4)C2)CC1. The van der Waals surface area contributed by atoms with Gasteiger partial charge < -0.3 is 24.8 Å². The van der Waals surface area contributed by atoms with Gasteiger partial charge in [0, 0.05) is 70.9 Å². The van der Waals surface area contributed by atoms with E-state index >= 15 is 0 Å². The van der Waals surface area contributed by atoms with E-state index in [0.717, 1.165) is 19.5 Å². The molecule has 31 heavy (non-hydrogen) atoms. The van der Waals surface area contributed by atoms with Crippen molar-refractivity contribution in [3.05, 3.63) is 18.2 Å². The van der Waals surface area contributed by atoms with E-state index in [1.807, 2.05) is 21.9 Å². The average Bonchev–Trinajstić information content (AvgIpc) is 2.94. The molecule has 4 rings (SSSR count). The first-order valence-electron chi connectivity index (χ1n) is 11.0. The van der Waals surface area contributed by atoms with Crippen molar-refractivity contribution in [1.82, 2.24) is 14.7 Å². The normalized spacial score (nSPS) is 24.6. The van der Waals surface area contributed by atoms with Gasteiger partial charge in [-0.3, -0.25) is 19.4 Å². The third-order valence-electron chi connectivity index (χ3n) is 6.15. The number of nitrogens with zero attached hydrogens (tertiary/aromatic N) is 3. The van der Waals surface area contributed by atoms with Crippen molar-refractivity contribution in [2.45, 2.75) is 25.4 Å². The van der Waals surface area contributed by atoms with Crippen LogP contribution >= 0.6 is 0 Å². The summed E-state index contributed by atoms with van der Waals surface area (Å²) in [7, 11) is 0. The van der Waals surface area contributed by atoms with Crippen molar-refractivity contribution in [3.8, 4) is 11.5 Å². The molecule has 2 amide bonds. The Morgan fingerprint density at radius 3 is 2.55 bits per heavy atom. The summed E-state index contributed by atoms with van der Waals surface area (Å²) in [5, 5.41) is 13.9. The van der Waals surface area contributed by atoms with Crippen molar-refractivity contribution in [2.75, 3.05) is 70.9 Å². The van der Waals surface area contributed by atoms with Crippen LogP contribution in [0.5, 0.6) is 11.5 Å². The number of likely N-dealkylation sites (tertiary alicyclic amines) is 1. The largest absolute Gasteiger partial charge is 0.490 e. The molecule has 0 aromatic heterocycles. The number of hydrogen-bond acceptors (Lipinski definition) is 7. The zero-order chi connectivity index (χ0) is 21.8. The third-order valence-corrected chi connectivity index (χ3v) is 6.15. The molecule has 1 aromatic carbocycles. The summed E-state index contributed by atoms with van der Waals surface area (Å²) < 4.78 is 11.3. The molecule has 170 valence electrons. The highest BCUT2D eigenvalue weighted by atomic mass is 16.5. The van der Waals surface area contributed by atoms with Gasteiger partial charge in [0.25, 0.3) is 0 Å². The summed E-state index contributed by atoms with van der Waals surface area (Å²) >= 11 is 0. The number of hydrogen-bond donors (Lipinski definition) is 2. The van der Waals surface area contributed by atoms with Crippen LogP contribution < -0.4 is 14.8 Å². The monoisotopic (exact) mass is 432 g/mol. The predicted molar refractivity (Wildman–Crippen MR) is 115 cm³/mol. The molecule has 0 spiro atoms. The Bertz CT molecular complexity index is 811. The second kappa shape index (κ2) is 9.42. The second-order valence-corrected chi connectivity index (χ2v) is 8.73. The highest BCUT2D eigenvalue weighted by molar-refractivity contribution is 5.92. The van der Waals surface area contributed by atoms with Gasteiger partial charge in [-0.25, -0.2) is 0 Å². The van der Waals surface area contributed by atoms with E-state index in [-0.39, 0.29) is 18.4 Å². The van der Waals surface area contributed by atoms with Gasteiger partial charge in [0.1, 0.15) is 0 Å². The van der Waals surface area contributed by atoms with Crippen LogP contribution in [0.2, 0.25) is 0 Å². The Kier molecular flexibility index (Phi) is 6.64. The minimum absolute atomic E-state index is 0.102. The summed E-state index contributed by atoms with van der Waals surface area (Å²) in [6.45, 7) is 7.71. The molecule has 2 saturated heterocycles. The first-order chi connectivity index (χ1) is 14.9. The van der Waals surface area contributed by atoms with E-state index in [9.17, 15) is 14.7 Å². The number of ether oxygens (including phenoxy) is 2. The number of nitrogens with one attached hydrogen (secondary N) is 1. The maximum Gasteiger partial charge on any atom is 0.238 e. The highest BCUT2D eigenvalue weighted by Gasteiger charge is 2.38. The van der Waals surface area contributed by atoms with Gasteiger partial charge in [-0.1, -0.05) is 0 Å². The van der Waals surface area contributed by atoms with Crippen molar-refractivity contribution in [2.24, 2.45) is 0 Å². The Hall–Kier alpha value is -2.36. The quantitative estimate of drug-likeness (QED) is 0.695. The van der Waals surface area contributed by atoms with Crippen molar-refractivity contribution >= 4 is 17.5 Å². The van der Waals surface area contributed by atoms with Crippen LogP contribution in [0, 0.1) is 0 Å². The zero-order valence-corrected chi connectivity index (χ0v) is 18.1. The van der Waals surface area contributed by atoms with Crippen molar-refractivity contribution in [1.29, 1.82) is 0 Å². The highest BCUT2D eigenvalue weighted by Crippen LogP contribution is 2.32. The van der Waals surface area contributed by atoms with Crippen LogP contribution in [-0.2, 0) is 9.59 Å². The molecule has 1 unspecified atom stereocenters. The number of carbonyl (C=O) groups is 2. The average molecular weight is 433 g/mol. The maximum absolute atomic E-state index is 12.6. The minimum Gasteiger partial charge on any atom is -0.490 e. The molecule has 1 atom stereocenters. The number of aliphatic hydroxyl groups is 1. The molecule has 0 aliphatic carbocycles. The fourth-order valence-electron chi connectivity index (χ4n) is 4.49. The van der Waals surface area contributed by atoms with Gasteiger partial charge in [0.2, 0.25) is 11.8 Å². The molecular weight excluding hydrogens is 400 g/mol. The fraction of sp³-hybridized carbons (Fsp3) is 0.636. The first kappa shape index (κ1) is 21.9. The van der Waals surface area contributed by atoms with Gasteiger partial charge in [-0.2, -0.15) is 0 Å². The molecule has 3 aliphatic rings. The number of benzene rings is 1. The topological polar surface area (TPSA) is 94.6 Å². The molecule has 0 saturated carbocycles. The summed E-state index contributed by atoms with van der Waals surface area (Å²) in [6, 6.07) is 5.42. The van der Waals surface area contributed by atoms with E-state index in [4.69, 9.17) is 9.47 Å². The summed E-state index contributed by atoms with van der Waals surface area (Å²) in [6.07, 6.45) is 1.47. The molecule has 3 heterocycles. The molecule has 0 radical (unpaired) electrons. The molecule has 9 heteroatoms. The van der Waals surface area contributed by atoms with Crippen LogP contribution in [0.1, 0.15) is 19.8 Å². The zero-order valence-electron chi connectivity index (χ0n) is 18.1. The summed E-state index contributed by atoms with van der Waals surface area (Å²) in [4.78, 5) is 30.1. The van der Waals surface area contributed by atoms with Crippen LogP contribution in [0.15, 0.2) is 18.2 Å². The number of piperazine rings is 1. The molecule has 2 fully saturated rings. The number of carbonyl (C=O) groups excluding carboxylic acids is 2. The molecule has 0 bridgehead atoms. The maximum atomic E-state index is 12.6. The molecule has 3 aliphatic heterocycles. The van der Waals surface area contributed by atoms with E-state index in [1.54, 1.807) is 13.0 Å². The van der Waals surface area contributed by atoms with Crippen molar-refractivity contribution < 1.29 is 24.2 Å². The Morgan fingerprint density at radius 2 is 1.81 bits per heavy atom. The number of rotatable bonds is 5. The minimum atomic E-state index is -0.825. The Morgan fingerprint density at radius 1 is 1.06 bits per heavy atom. The first-order valence-corrected chi connectivity index (χ1v) is 11.0. The van der Waals surface area contributed by atoms with E-state index in [0.29, 0.717) is 69.5 Å². The smallest absolute Gasteiger partial charge is 0.238 e. The van der Waals surface area contributed by atoms with Gasteiger partial charge in [0.05, 0.1) is 25.4 Å². The van der Waals surface area contributed by atoms with Crippen LogP contribution in [0.3, 0.4) is 0 Å². The lowest BCUT2D eigenvalue weighted by Crippen LogP contribution is -2.53. The number of fused-ring (bicyclic) bond motifs is 1. The fourth-order valence-corrected chi connectivity index (χ4v) is 4.49. The number of amides is 2. The van der Waals surface area contributed by atoms with E-state index in [2.05, 4.69) is 10.2 Å². The standard InChI is InChI=1S/C22H32N4O5/c1-17(27)26-9-7-24(8-10-26)15-22(29)5-6-25(16-22)14-21(28)23-18-3-4-19-20(13-18)31-12-2-11-30-19/h3-4,13,29H,2,5-12,14-16H2,1H3,(H,23,28). The summed E-state index contributed by atoms with van der Waals surface area (Å²) in [5.74, 6) is 1.33. The predicted octanol–water partition coefficient (Wildman–Crippen LogP) is 0.387. The van der Waals surface area contributed by atoms with Crippen LogP contribution in [0.25, 0.3) is 0 Å². The van der Waals surface area contributed by atoms with Crippen molar-refractivity contribution in [3.63, 3.8) is 0 Å². The molecule has 2 N–H and O–H groups in total. The summed E-state index contributed by atoms with van der Waals surface area (Å²) in [5.41, 5.74) is -0.152. The Balaban J connectivity index is 1.25. The van der Waals surface area contributed by atoms with Crippen LogP contribution in [-0.4, -0.2) is 103 Å². The Labute approximate surface area is 182 Å². The lowest BCUT2D eigenvalue weighted by atomic mass is 10.0. The third kappa shape index (κ3) is 5.66. The number of β-amino-alcohol motifs (C(OH)–C–C–N with tert-alkyl or cyclic N) is 1.